The third-order valence-corrected chi connectivity index (χ3v) is 17.4. The lowest BCUT2D eigenvalue weighted by molar-refractivity contribution is -0.219. The van der Waals surface area contributed by atoms with Crippen LogP contribution in [0.5, 0.6) is 0 Å². The summed E-state index contributed by atoms with van der Waals surface area (Å²) in [6, 6.07) is 4.12. The van der Waals surface area contributed by atoms with Crippen molar-refractivity contribution >= 4 is 53.2 Å². The molecule has 0 aromatic heterocycles. The molecule has 0 bridgehead atoms. The highest BCUT2D eigenvalue weighted by molar-refractivity contribution is 6.01. The van der Waals surface area contributed by atoms with Gasteiger partial charge in [-0.3, -0.25) is 24.0 Å². The fourth-order valence-electron chi connectivity index (χ4n) is 12.8. The number of Topliss-reactive ketones (excluding diaryl/α,β-unsaturated/α-hetero) is 1. The number of likely N-dealkylation sites (N-methyl/N-ethyl adjacent to an activating group) is 1. The Balaban J connectivity index is 0.890. The number of aliphatic hydroxyl groups excluding tert-OH is 1. The first kappa shape index (κ1) is 64.7. The van der Waals surface area contributed by atoms with Crippen molar-refractivity contribution in [1.82, 2.24) is 36.8 Å². The fourth-order valence-corrected chi connectivity index (χ4v) is 12.8. The maximum absolute atomic E-state index is 17.5. The third kappa shape index (κ3) is 15.8. The SMILES string of the molecule is CC(C)[C@H](NCCN(C)CCNC(=O)COC1C#CCCCCC1)C(=O)N[C@@H](CCCNC(N)=O)C(=O)Nc1ccc(COC(=O)NCCNC(=O)OCC(=O)[C@@]2(O)[C@H](C)C[C@H]3[C@@H]4CCC5=CC(=O)C=C[C@]5(C)[C@@]4(F)[C@@H](O)C[C@@]32C)cc1. The number of alkyl halides is 1. The molecule has 11 atom stereocenters. The normalized spacial score (nSPS) is 28.0. The Labute approximate surface area is 480 Å². The van der Waals surface area contributed by atoms with Crippen LogP contribution >= 0.6 is 0 Å². The second-order valence-electron chi connectivity index (χ2n) is 23.3. The second kappa shape index (κ2) is 29.2. The summed E-state index contributed by atoms with van der Waals surface area (Å²) in [5.41, 5.74) is 0.195. The molecule has 6 rings (SSSR count). The van der Waals surface area contributed by atoms with E-state index in [1.54, 1.807) is 51.1 Å². The minimum absolute atomic E-state index is 0.0492. The van der Waals surface area contributed by atoms with Crippen molar-refractivity contribution in [2.24, 2.45) is 40.2 Å². The van der Waals surface area contributed by atoms with Gasteiger partial charge >= 0.3 is 18.2 Å². The number of ether oxygens (including phenoxy) is 3. The summed E-state index contributed by atoms with van der Waals surface area (Å²) in [6.45, 7) is 9.88. The summed E-state index contributed by atoms with van der Waals surface area (Å²) in [7, 11) is 1.91. The molecule has 0 aliphatic heterocycles. The summed E-state index contributed by atoms with van der Waals surface area (Å²) in [4.78, 5) is 104. The number of carbonyl (C=O) groups excluding carboxylic acids is 8. The highest BCUT2D eigenvalue weighted by Crippen LogP contribution is 2.70. The van der Waals surface area contributed by atoms with Crippen LogP contribution in [0.3, 0.4) is 0 Å². The molecule has 11 N–H and O–H groups in total. The smallest absolute Gasteiger partial charge is 0.407 e. The number of nitrogens with two attached hydrogens (primary N) is 1. The van der Waals surface area contributed by atoms with Crippen LogP contribution in [-0.4, -0.2) is 164 Å². The van der Waals surface area contributed by atoms with Gasteiger partial charge in [-0.05, 0) is 119 Å². The molecule has 82 heavy (non-hydrogen) atoms. The largest absolute Gasteiger partial charge is 0.445 e. The van der Waals surface area contributed by atoms with Gasteiger partial charge in [0.05, 0.1) is 12.1 Å². The van der Waals surface area contributed by atoms with Crippen LogP contribution < -0.4 is 43.0 Å². The lowest BCUT2D eigenvalue weighted by atomic mass is 9.44. The number of hydrogen-bond donors (Lipinski definition) is 10. The highest BCUT2D eigenvalue weighted by Gasteiger charge is 2.75. The van der Waals surface area contributed by atoms with Crippen molar-refractivity contribution in [3.63, 3.8) is 0 Å². The summed E-state index contributed by atoms with van der Waals surface area (Å²) >= 11 is 0. The molecule has 1 aromatic rings. The molecule has 22 nitrogen and oxygen atoms in total. The van der Waals surface area contributed by atoms with Gasteiger partial charge < -0.3 is 72.3 Å². The number of primary amides is 1. The van der Waals surface area contributed by atoms with Crippen LogP contribution in [0.25, 0.3) is 0 Å². The molecule has 23 heteroatoms. The van der Waals surface area contributed by atoms with Crippen LogP contribution in [0, 0.1) is 46.3 Å². The van der Waals surface area contributed by atoms with Crippen LogP contribution in [0.4, 0.5) is 24.5 Å². The molecule has 3 fully saturated rings. The van der Waals surface area contributed by atoms with Gasteiger partial charge in [-0.15, -0.1) is 5.92 Å². The first-order chi connectivity index (χ1) is 38.9. The zero-order valence-electron chi connectivity index (χ0n) is 48.3. The minimum Gasteiger partial charge on any atom is -0.445 e. The van der Waals surface area contributed by atoms with Crippen molar-refractivity contribution in [2.45, 2.75) is 147 Å². The molecular formula is C59H86FN9O13. The summed E-state index contributed by atoms with van der Waals surface area (Å²) < 4.78 is 33.8. The van der Waals surface area contributed by atoms with Gasteiger partial charge in [0, 0.05) is 74.7 Å². The molecular weight excluding hydrogens is 1060 g/mol. The number of carbonyl (C=O) groups is 8. The van der Waals surface area contributed by atoms with Crippen molar-refractivity contribution in [2.75, 3.05) is 71.4 Å². The number of ketones is 2. The van der Waals surface area contributed by atoms with Crippen LogP contribution in [0.1, 0.15) is 111 Å². The topological polar surface area (TPSA) is 318 Å². The van der Waals surface area contributed by atoms with E-state index in [4.69, 9.17) is 19.9 Å². The number of urea groups is 1. The van der Waals surface area contributed by atoms with Crippen molar-refractivity contribution in [3.05, 3.63) is 53.6 Å². The maximum atomic E-state index is 17.5. The number of amides is 7. The van der Waals surface area contributed by atoms with E-state index in [2.05, 4.69) is 49.1 Å². The zero-order valence-corrected chi connectivity index (χ0v) is 48.3. The first-order valence-corrected chi connectivity index (χ1v) is 28.8. The number of aliphatic hydroxyl groups is 2. The van der Waals surface area contributed by atoms with E-state index in [0.29, 0.717) is 68.7 Å². The van der Waals surface area contributed by atoms with Gasteiger partial charge in [-0.2, -0.15) is 0 Å². The number of fused-ring (bicyclic) bond motifs is 5. The molecule has 1 aromatic carbocycles. The molecule has 1 unspecified atom stereocenters. The Hall–Kier alpha value is -6.45. The predicted molar refractivity (Wildman–Crippen MR) is 302 cm³/mol. The number of alkyl carbamates (subject to hydrolysis) is 2. The standard InChI is InChI=1S/C59H86FN9O13/c1-37(2)50(63-28-30-69(6)29-27-62-49(73)36-80-43-13-10-8-7-9-11-14-43)52(75)68-46(15-12-24-64-53(61)76)51(74)67-41-19-16-39(17-20-41)34-81-54(77)65-25-26-66-55(78)82-35-48(72)59(79)38(3)31-45-44-21-18-40-32-42(70)22-23-56(40,4)58(44,60)47(71)33-57(45,59)5/h16-17,19-20,22-23,32,37-38,43-47,50,63,71,79H,7-10,12-13,15,18,21,24-31,33-36H2,1-6H3,(H,62,73)(H,65,77)(H,66,78)(H,67,74)(H,68,75)(H3,61,64,76)/t38-,43?,44+,45+,46+,47+,50+,56+,57+,58+,59+/m1/s1. The summed E-state index contributed by atoms with van der Waals surface area (Å²) in [5, 5.41) is 43.1. The van der Waals surface area contributed by atoms with E-state index in [1.165, 1.54) is 12.2 Å². The van der Waals surface area contributed by atoms with Crippen molar-refractivity contribution in [1.29, 1.82) is 0 Å². The molecule has 3 saturated carbocycles. The van der Waals surface area contributed by atoms with Gasteiger partial charge in [0.15, 0.2) is 18.1 Å². The number of nitrogens with one attached hydrogen (secondary N) is 7. The Morgan fingerprint density at radius 1 is 0.878 bits per heavy atom. The van der Waals surface area contributed by atoms with Gasteiger partial charge in [-0.1, -0.05) is 63.8 Å². The van der Waals surface area contributed by atoms with E-state index in [-0.39, 0.29) is 75.3 Å². The zero-order chi connectivity index (χ0) is 59.8. The van der Waals surface area contributed by atoms with Gasteiger partial charge in [0.25, 0.3) is 0 Å². The number of halogens is 1. The number of nitrogens with zero attached hydrogens (tertiary/aromatic N) is 1. The lowest BCUT2D eigenvalue weighted by Gasteiger charge is -2.62. The van der Waals surface area contributed by atoms with Gasteiger partial charge in [0.1, 0.15) is 31.0 Å². The van der Waals surface area contributed by atoms with Gasteiger partial charge in [-0.25, -0.2) is 18.8 Å². The molecule has 452 valence electrons. The molecule has 0 radical (unpaired) electrons. The van der Waals surface area contributed by atoms with Crippen LogP contribution in [0.2, 0.25) is 0 Å². The number of anilines is 1. The van der Waals surface area contributed by atoms with Crippen molar-refractivity contribution < 1.29 is 67.2 Å². The van der Waals surface area contributed by atoms with E-state index < -0.39 is 94.6 Å². The van der Waals surface area contributed by atoms with E-state index >= 15 is 4.39 Å². The maximum Gasteiger partial charge on any atom is 0.407 e. The quantitative estimate of drug-likeness (QED) is 0.0446. The monoisotopic (exact) mass is 1150 g/mol. The van der Waals surface area contributed by atoms with E-state index in [1.807, 2.05) is 25.8 Å². The van der Waals surface area contributed by atoms with Crippen LogP contribution in [0.15, 0.2) is 48.1 Å². The van der Waals surface area contributed by atoms with Gasteiger partial charge in [0.2, 0.25) is 23.5 Å². The molecule has 0 heterocycles. The summed E-state index contributed by atoms with van der Waals surface area (Å²) in [6.07, 6.45) is 7.03. The van der Waals surface area contributed by atoms with Crippen molar-refractivity contribution in [3.8, 4) is 11.8 Å². The Morgan fingerprint density at radius 3 is 2.29 bits per heavy atom. The number of benzene rings is 1. The fraction of sp³-hybridized carbons (Fsp3) is 0.661. The van der Waals surface area contributed by atoms with Crippen LogP contribution in [-0.2, 0) is 44.8 Å². The summed E-state index contributed by atoms with van der Waals surface area (Å²) in [5.74, 6) is 2.13. The number of hydrogen-bond acceptors (Lipinski definition) is 15. The predicted octanol–water partition coefficient (Wildman–Crippen LogP) is 3.44. The average molecular weight is 1150 g/mol. The Bertz CT molecular complexity index is 2590. The lowest BCUT2D eigenvalue weighted by Crippen LogP contribution is -2.69. The molecule has 0 saturated heterocycles. The average Bonchev–Trinajstić information content (AvgIpc) is 1.36. The first-order valence-electron chi connectivity index (χ1n) is 28.8. The molecule has 5 aliphatic rings. The Morgan fingerprint density at radius 2 is 1.59 bits per heavy atom. The van der Waals surface area contributed by atoms with E-state index in [9.17, 15) is 48.6 Å². The number of allylic oxidation sites excluding steroid dienone is 4. The number of rotatable bonds is 27. The molecule has 7 amide bonds. The Kier molecular flexibility index (Phi) is 23.0. The minimum atomic E-state index is -2.13. The molecule has 0 spiro atoms. The molecule has 5 aliphatic carbocycles. The second-order valence-corrected chi connectivity index (χ2v) is 23.3. The third-order valence-electron chi connectivity index (χ3n) is 17.4. The highest BCUT2D eigenvalue weighted by atomic mass is 19.1. The van der Waals surface area contributed by atoms with E-state index in [0.717, 1.165) is 32.1 Å².